The van der Waals surface area contributed by atoms with Gasteiger partial charge in [-0.15, -0.1) is 0 Å². The second-order valence-corrected chi connectivity index (χ2v) is 10.4. The minimum Gasteiger partial charge on any atom is -0.457 e. The molecule has 1 atom stereocenters. The monoisotopic (exact) mass is 380 g/mol. The maximum atomic E-state index is 13.5. The van der Waals surface area contributed by atoms with Crippen LogP contribution in [0.1, 0.15) is 41.0 Å². The molecule has 4 nitrogen and oxygen atoms in total. The molecule has 0 aliphatic carbocycles. The first-order valence-corrected chi connectivity index (χ1v) is 9.80. The van der Waals surface area contributed by atoms with E-state index >= 15 is 0 Å². The Labute approximate surface area is 147 Å². The van der Waals surface area contributed by atoms with Crippen LogP contribution in [-0.2, 0) is 18.6 Å². The van der Waals surface area contributed by atoms with Gasteiger partial charge in [-0.2, -0.15) is 0 Å². The molecule has 0 N–H and O–H groups in total. The molecule has 0 saturated heterocycles. The Bertz CT molecular complexity index is 585. The SMILES string of the molecule is CCC(C)(C)OC(=O)C(Cl)(Cl)P(=O)(OC(C)C)c1ccccc1. The summed E-state index contributed by atoms with van der Waals surface area (Å²) >= 11 is 12.5. The van der Waals surface area contributed by atoms with Gasteiger partial charge in [0.25, 0.3) is 11.4 Å². The van der Waals surface area contributed by atoms with Gasteiger partial charge in [0.05, 0.1) is 6.10 Å². The van der Waals surface area contributed by atoms with Gasteiger partial charge in [-0.1, -0.05) is 48.3 Å². The third kappa shape index (κ3) is 4.73. The zero-order valence-electron chi connectivity index (χ0n) is 14.0. The molecule has 1 aromatic carbocycles. The largest absolute Gasteiger partial charge is 0.457 e. The molecule has 7 heteroatoms. The van der Waals surface area contributed by atoms with E-state index in [0.717, 1.165) is 0 Å². The second kappa shape index (κ2) is 7.57. The number of hydrogen-bond acceptors (Lipinski definition) is 4. The van der Waals surface area contributed by atoms with Gasteiger partial charge in [-0.25, -0.2) is 4.79 Å². The number of ether oxygens (including phenoxy) is 1. The molecule has 0 spiro atoms. The number of carbonyl (C=O) groups excluding carboxylic acids is 1. The van der Waals surface area contributed by atoms with Crippen LogP contribution < -0.4 is 5.30 Å². The second-order valence-electron chi connectivity index (χ2n) is 6.09. The number of carbonyl (C=O) groups is 1. The molecule has 0 heterocycles. The summed E-state index contributed by atoms with van der Waals surface area (Å²) in [7, 11) is -3.93. The fraction of sp³-hybridized carbons (Fsp3) is 0.562. The molecule has 23 heavy (non-hydrogen) atoms. The van der Waals surface area contributed by atoms with Crippen LogP contribution in [0.5, 0.6) is 0 Å². The lowest BCUT2D eigenvalue weighted by Crippen LogP contribution is -2.39. The Morgan fingerprint density at radius 3 is 2.17 bits per heavy atom. The van der Waals surface area contributed by atoms with Crippen LogP contribution in [0.4, 0.5) is 0 Å². The van der Waals surface area contributed by atoms with E-state index in [1.54, 1.807) is 58.0 Å². The smallest absolute Gasteiger partial charge is 0.353 e. The molecule has 0 aromatic heterocycles. The van der Waals surface area contributed by atoms with Gasteiger partial charge < -0.3 is 9.26 Å². The average molecular weight is 381 g/mol. The van der Waals surface area contributed by atoms with Crippen LogP contribution in [0, 0.1) is 0 Å². The Morgan fingerprint density at radius 1 is 1.22 bits per heavy atom. The highest BCUT2D eigenvalue weighted by molar-refractivity contribution is 7.73. The maximum Gasteiger partial charge on any atom is 0.353 e. The van der Waals surface area contributed by atoms with E-state index in [2.05, 4.69) is 0 Å². The summed E-state index contributed by atoms with van der Waals surface area (Å²) in [5.41, 5.74) is -0.772. The van der Waals surface area contributed by atoms with Crippen molar-refractivity contribution in [2.24, 2.45) is 0 Å². The number of benzene rings is 1. The summed E-state index contributed by atoms with van der Waals surface area (Å²) in [5, 5.41) is 0.268. The van der Waals surface area contributed by atoms with Gasteiger partial charge in [-0.05, 0) is 46.2 Å². The quantitative estimate of drug-likeness (QED) is 0.384. The first-order valence-electron chi connectivity index (χ1n) is 7.41. The minimum absolute atomic E-state index is 0.268. The number of rotatable bonds is 7. The van der Waals surface area contributed by atoms with Crippen LogP contribution in [0.15, 0.2) is 30.3 Å². The van der Waals surface area contributed by atoms with E-state index in [1.165, 1.54) is 0 Å². The van der Waals surface area contributed by atoms with E-state index in [0.29, 0.717) is 6.42 Å². The summed E-state index contributed by atoms with van der Waals surface area (Å²) in [6.07, 6.45) is 0.119. The van der Waals surface area contributed by atoms with Gasteiger partial charge in [-0.3, -0.25) is 4.57 Å². The molecular weight excluding hydrogens is 358 g/mol. The first-order chi connectivity index (χ1) is 10.5. The average Bonchev–Trinajstić information content (AvgIpc) is 2.46. The number of alkyl halides is 2. The van der Waals surface area contributed by atoms with Crippen molar-refractivity contribution in [3.63, 3.8) is 0 Å². The Hall–Kier alpha value is -0.540. The first kappa shape index (κ1) is 20.5. The summed E-state index contributed by atoms with van der Waals surface area (Å²) in [6.45, 7) is 8.71. The van der Waals surface area contributed by atoms with Crippen molar-refractivity contribution in [3.05, 3.63) is 30.3 Å². The van der Waals surface area contributed by atoms with Crippen LogP contribution in [0.2, 0.25) is 0 Å². The molecule has 0 aliphatic rings. The van der Waals surface area contributed by atoms with Gasteiger partial charge in [0.2, 0.25) is 0 Å². The molecule has 0 fully saturated rings. The van der Waals surface area contributed by atoms with Crippen LogP contribution in [0.3, 0.4) is 0 Å². The zero-order valence-corrected chi connectivity index (χ0v) is 16.4. The molecule has 0 radical (unpaired) electrons. The zero-order chi connectivity index (χ0) is 17.9. The van der Waals surface area contributed by atoms with Crippen molar-refractivity contribution < 1.29 is 18.6 Å². The van der Waals surface area contributed by atoms with Crippen molar-refractivity contribution >= 4 is 41.8 Å². The summed E-state index contributed by atoms with van der Waals surface area (Å²) in [4.78, 5) is 12.5. The van der Waals surface area contributed by atoms with E-state index < -0.39 is 29.1 Å². The topological polar surface area (TPSA) is 52.6 Å². The third-order valence-electron chi connectivity index (χ3n) is 3.29. The van der Waals surface area contributed by atoms with Crippen molar-refractivity contribution in [3.8, 4) is 0 Å². The molecule has 1 unspecified atom stereocenters. The lowest BCUT2D eigenvalue weighted by molar-refractivity contribution is -0.155. The fourth-order valence-electron chi connectivity index (χ4n) is 1.72. The molecule has 0 bridgehead atoms. The molecule has 130 valence electrons. The van der Waals surface area contributed by atoms with E-state index in [1.807, 2.05) is 6.92 Å². The van der Waals surface area contributed by atoms with Crippen LogP contribution in [-0.4, -0.2) is 21.7 Å². The Morgan fingerprint density at radius 2 is 1.74 bits per heavy atom. The van der Waals surface area contributed by atoms with E-state index in [4.69, 9.17) is 32.5 Å². The van der Waals surface area contributed by atoms with Gasteiger partial charge >= 0.3 is 5.97 Å². The molecular formula is C16H23Cl2O4P. The summed E-state index contributed by atoms with van der Waals surface area (Å²) in [5.74, 6) is -0.972. The highest BCUT2D eigenvalue weighted by Crippen LogP contribution is 2.64. The maximum absolute atomic E-state index is 13.5. The summed E-state index contributed by atoms with van der Waals surface area (Å²) < 4.78 is 22.0. The van der Waals surface area contributed by atoms with Crippen molar-refractivity contribution in [1.29, 1.82) is 0 Å². The van der Waals surface area contributed by atoms with Crippen LogP contribution >= 0.6 is 30.6 Å². The Kier molecular flexibility index (Phi) is 6.74. The van der Waals surface area contributed by atoms with Crippen molar-refractivity contribution in [2.75, 3.05) is 0 Å². The lowest BCUT2D eigenvalue weighted by atomic mass is 10.1. The molecule has 0 aliphatic heterocycles. The Balaban J connectivity index is 3.30. The highest BCUT2D eigenvalue weighted by atomic mass is 35.5. The van der Waals surface area contributed by atoms with E-state index in [-0.39, 0.29) is 5.30 Å². The van der Waals surface area contributed by atoms with Gasteiger partial charge in [0, 0.05) is 5.30 Å². The molecule has 0 saturated carbocycles. The number of esters is 1. The fourth-order valence-corrected chi connectivity index (χ4v) is 4.64. The molecule has 1 rings (SSSR count). The van der Waals surface area contributed by atoms with Crippen molar-refractivity contribution in [2.45, 2.75) is 56.8 Å². The number of halogens is 2. The minimum atomic E-state index is -3.93. The van der Waals surface area contributed by atoms with Crippen LogP contribution in [0.25, 0.3) is 0 Å². The lowest BCUT2D eigenvalue weighted by Gasteiger charge is -2.33. The van der Waals surface area contributed by atoms with E-state index in [9.17, 15) is 9.36 Å². The number of hydrogen-bond donors (Lipinski definition) is 0. The van der Waals surface area contributed by atoms with Gasteiger partial charge in [0.1, 0.15) is 5.60 Å². The highest BCUT2D eigenvalue weighted by Gasteiger charge is 2.57. The third-order valence-corrected chi connectivity index (χ3v) is 7.55. The summed E-state index contributed by atoms with van der Waals surface area (Å²) in [6, 6.07) is 8.25. The predicted octanol–water partition coefficient (Wildman–Crippen LogP) is 4.88. The molecule has 1 aromatic rings. The normalized spacial score (nSPS) is 15.3. The van der Waals surface area contributed by atoms with Gasteiger partial charge in [0.15, 0.2) is 0 Å². The molecule has 0 amide bonds. The predicted molar refractivity (Wildman–Crippen MR) is 94.8 cm³/mol. The van der Waals surface area contributed by atoms with Crippen molar-refractivity contribution in [1.82, 2.24) is 0 Å². The standard InChI is InChI=1S/C16H23Cl2O4P/c1-6-15(4,5)21-14(19)16(17,18)23(20,22-12(2)3)13-10-8-7-9-11-13/h7-12H,6H2,1-5H3.